The van der Waals surface area contributed by atoms with E-state index in [2.05, 4.69) is 0 Å². The standard InChI is InChI=1S/C21H28N2O4/c22-17-5-1-15-3-7-19(24)8-4-16-2-6-18(23)14-21(16)27-12-10-25-9-11-26-20(15)13-17/h1-2,5-6,13-14,19,24H,3-4,7-12,22-23H2. The second kappa shape index (κ2) is 9.48. The van der Waals surface area contributed by atoms with Gasteiger partial charge in [0.1, 0.15) is 24.7 Å². The molecule has 0 saturated heterocycles. The minimum absolute atomic E-state index is 0.406. The number of ether oxygens (including phenoxy) is 3. The topological polar surface area (TPSA) is 100.0 Å². The zero-order valence-corrected chi connectivity index (χ0v) is 15.5. The quantitative estimate of drug-likeness (QED) is 0.615. The highest BCUT2D eigenvalue weighted by atomic mass is 16.5. The van der Waals surface area contributed by atoms with E-state index in [9.17, 15) is 5.11 Å². The molecule has 0 unspecified atom stereocenters. The molecule has 0 aliphatic carbocycles. The van der Waals surface area contributed by atoms with Crippen molar-refractivity contribution in [3.63, 3.8) is 0 Å². The average molecular weight is 372 g/mol. The van der Waals surface area contributed by atoms with Crippen LogP contribution in [0.4, 0.5) is 11.4 Å². The summed E-state index contributed by atoms with van der Waals surface area (Å²) in [7, 11) is 0. The second-order valence-corrected chi connectivity index (χ2v) is 6.77. The number of aliphatic hydroxyl groups excluding tert-OH is 1. The molecule has 6 heteroatoms. The third kappa shape index (κ3) is 5.77. The number of hydrogen-bond acceptors (Lipinski definition) is 6. The maximum absolute atomic E-state index is 10.4. The van der Waals surface area contributed by atoms with Gasteiger partial charge in [-0.25, -0.2) is 0 Å². The first-order valence-electron chi connectivity index (χ1n) is 9.40. The maximum atomic E-state index is 10.4. The zero-order valence-electron chi connectivity index (χ0n) is 15.5. The summed E-state index contributed by atoms with van der Waals surface area (Å²) in [5.74, 6) is 1.52. The normalized spacial score (nSPS) is 17.2. The highest BCUT2D eigenvalue weighted by Gasteiger charge is 2.12. The van der Waals surface area contributed by atoms with E-state index in [0.29, 0.717) is 50.6 Å². The van der Waals surface area contributed by atoms with Crippen LogP contribution >= 0.6 is 0 Å². The Morgan fingerprint density at radius 1 is 0.741 bits per heavy atom. The lowest BCUT2D eigenvalue weighted by Gasteiger charge is -2.17. The summed E-state index contributed by atoms with van der Waals surface area (Å²) in [6.45, 7) is 1.79. The number of fused-ring (bicyclic) bond motifs is 2. The van der Waals surface area contributed by atoms with Gasteiger partial charge in [-0.1, -0.05) is 12.1 Å². The van der Waals surface area contributed by atoms with Crippen LogP contribution in [0.1, 0.15) is 24.0 Å². The second-order valence-electron chi connectivity index (χ2n) is 6.77. The Balaban J connectivity index is 1.72. The number of nitrogen functional groups attached to an aromatic ring is 2. The van der Waals surface area contributed by atoms with E-state index in [-0.39, 0.29) is 0 Å². The Bertz CT molecular complexity index is 689. The molecule has 0 atom stereocenters. The monoisotopic (exact) mass is 372 g/mol. The summed E-state index contributed by atoms with van der Waals surface area (Å²) in [6, 6.07) is 11.3. The smallest absolute Gasteiger partial charge is 0.124 e. The summed E-state index contributed by atoms with van der Waals surface area (Å²) in [4.78, 5) is 0. The highest BCUT2D eigenvalue weighted by Crippen LogP contribution is 2.26. The molecule has 0 bridgehead atoms. The fourth-order valence-corrected chi connectivity index (χ4v) is 3.14. The molecule has 0 saturated carbocycles. The van der Waals surface area contributed by atoms with Gasteiger partial charge in [-0.05, 0) is 48.9 Å². The van der Waals surface area contributed by atoms with Gasteiger partial charge in [0.15, 0.2) is 0 Å². The van der Waals surface area contributed by atoms with E-state index in [0.717, 1.165) is 35.5 Å². The van der Waals surface area contributed by atoms with Crippen LogP contribution < -0.4 is 20.9 Å². The van der Waals surface area contributed by atoms with Gasteiger partial charge in [-0.3, -0.25) is 0 Å². The van der Waals surface area contributed by atoms with Crippen molar-refractivity contribution < 1.29 is 19.3 Å². The van der Waals surface area contributed by atoms with Gasteiger partial charge in [-0.15, -0.1) is 0 Å². The van der Waals surface area contributed by atoms with Crippen LogP contribution in [0.25, 0.3) is 0 Å². The predicted molar refractivity (Wildman–Crippen MR) is 106 cm³/mol. The third-order valence-electron chi connectivity index (χ3n) is 4.65. The van der Waals surface area contributed by atoms with E-state index in [4.69, 9.17) is 25.7 Å². The molecule has 2 aromatic carbocycles. The molecule has 0 amide bonds. The van der Waals surface area contributed by atoms with Crippen molar-refractivity contribution in [3.8, 4) is 11.5 Å². The van der Waals surface area contributed by atoms with Gasteiger partial charge in [0.25, 0.3) is 0 Å². The van der Waals surface area contributed by atoms with E-state index in [1.807, 2.05) is 36.4 Å². The van der Waals surface area contributed by atoms with Crippen LogP contribution in [0, 0.1) is 0 Å². The van der Waals surface area contributed by atoms with Gasteiger partial charge >= 0.3 is 0 Å². The van der Waals surface area contributed by atoms with Gasteiger partial charge in [0.2, 0.25) is 0 Å². The zero-order chi connectivity index (χ0) is 19.1. The Morgan fingerprint density at radius 2 is 1.22 bits per heavy atom. The van der Waals surface area contributed by atoms with Gasteiger partial charge in [-0.2, -0.15) is 0 Å². The van der Waals surface area contributed by atoms with Crippen molar-refractivity contribution in [2.24, 2.45) is 0 Å². The molecule has 1 aliphatic heterocycles. The van der Waals surface area contributed by atoms with Crippen molar-refractivity contribution in [2.75, 3.05) is 37.9 Å². The lowest BCUT2D eigenvalue weighted by Crippen LogP contribution is -2.15. The minimum atomic E-state index is -0.406. The number of nitrogens with two attached hydrogens (primary N) is 2. The van der Waals surface area contributed by atoms with E-state index in [1.165, 1.54) is 0 Å². The number of hydrogen-bond donors (Lipinski definition) is 3. The van der Waals surface area contributed by atoms with Crippen molar-refractivity contribution in [3.05, 3.63) is 47.5 Å². The first kappa shape index (κ1) is 19.3. The van der Waals surface area contributed by atoms with E-state index >= 15 is 0 Å². The maximum Gasteiger partial charge on any atom is 0.124 e. The van der Waals surface area contributed by atoms with Crippen LogP contribution in [0.2, 0.25) is 0 Å². The number of aryl methyl sites for hydroxylation is 2. The van der Waals surface area contributed by atoms with Crippen molar-refractivity contribution in [2.45, 2.75) is 31.8 Å². The molecule has 0 spiro atoms. The molecule has 1 aliphatic rings. The molecule has 0 aromatic heterocycles. The largest absolute Gasteiger partial charge is 0.491 e. The first-order valence-corrected chi connectivity index (χ1v) is 9.40. The lowest BCUT2D eigenvalue weighted by molar-refractivity contribution is 0.0756. The molecule has 27 heavy (non-hydrogen) atoms. The minimum Gasteiger partial charge on any atom is -0.491 e. The first-order chi connectivity index (χ1) is 13.1. The average Bonchev–Trinajstić information content (AvgIpc) is 2.65. The fraction of sp³-hybridized carbons (Fsp3) is 0.429. The molecule has 5 N–H and O–H groups in total. The van der Waals surface area contributed by atoms with Crippen LogP contribution in [-0.2, 0) is 17.6 Å². The molecule has 6 nitrogen and oxygen atoms in total. The highest BCUT2D eigenvalue weighted by molar-refractivity contribution is 5.49. The summed E-state index contributed by atoms with van der Waals surface area (Å²) < 4.78 is 17.3. The molecule has 146 valence electrons. The van der Waals surface area contributed by atoms with Crippen LogP contribution in [-0.4, -0.2) is 37.6 Å². The molecular weight excluding hydrogens is 344 g/mol. The van der Waals surface area contributed by atoms with Crippen molar-refractivity contribution in [1.29, 1.82) is 0 Å². The molecule has 2 aromatic rings. The Kier molecular flexibility index (Phi) is 6.79. The van der Waals surface area contributed by atoms with Gasteiger partial charge < -0.3 is 30.8 Å². The van der Waals surface area contributed by atoms with Crippen LogP contribution in [0.15, 0.2) is 36.4 Å². The molecule has 1 heterocycles. The number of rotatable bonds is 0. The van der Waals surface area contributed by atoms with Crippen LogP contribution in [0.3, 0.4) is 0 Å². The Morgan fingerprint density at radius 3 is 1.70 bits per heavy atom. The fourth-order valence-electron chi connectivity index (χ4n) is 3.14. The van der Waals surface area contributed by atoms with Crippen LogP contribution in [0.5, 0.6) is 11.5 Å². The molecule has 0 radical (unpaired) electrons. The summed E-state index contributed by atoms with van der Waals surface area (Å²) in [6.07, 6.45) is 2.35. The van der Waals surface area contributed by atoms with Gasteiger partial charge in [0.05, 0.1) is 19.3 Å². The Hall–Kier alpha value is -2.44. The molecule has 3 rings (SSSR count). The van der Waals surface area contributed by atoms with Crippen molar-refractivity contribution in [1.82, 2.24) is 0 Å². The SMILES string of the molecule is Nc1ccc2c(c1)OCCOCCOc1cc(N)ccc1CCC(O)CC2. The Labute approximate surface area is 160 Å². The number of aliphatic hydroxyl groups is 1. The number of benzene rings is 2. The predicted octanol–water partition coefficient (Wildman–Crippen LogP) is 2.57. The number of anilines is 2. The lowest BCUT2D eigenvalue weighted by atomic mass is 10.00. The molecule has 0 fully saturated rings. The van der Waals surface area contributed by atoms with E-state index in [1.54, 1.807) is 0 Å². The molecular formula is C21H28N2O4. The summed E-state index contributed by atoms with van der Waals surface area (Å²) in [5.41, 5.74) is 15.2. The summed E-state index contributed by atoms with van der Waals surface area (Å²) >= 11 is 0. The third-order valence-corrected chi connectivity index (χ3v) is 4.65. The van der Waals surface area contributed by atoms with Gasteiger partial charge in [0, 0.05) is 23.5 Å². The summed E-state index contributed by atoms with van der Waals surface area (Å²) in [5, 5.41) is 10.4. The van der Waals surface area contributed by atoms with E-state index < -0.39 is 6.10 Å². The van der Waals surface area contributed by atoms with Crippen molar-refractivity contribution >= 4 is 11.4 Å².